The van der Waals surface area contributed by atoms with E-state index in [2.05, 4.69) is 4.99 Å². The van der Waals surface area contributed by atoms with Gasteiger partial charge in [-0.1, -0.05) is 23.5 Å². The number of hydrogen-bond acceptors (Lipinski definition) is 7. The van der Waals surface area contributed by atoms with Crippen LogP contribution in [0.5, 0.6) is 5.75 Å². The normalized spacial score (nSPS) is 13.8. The lowest BCUT2D eigenvalue weighted by Gasteiger charge is -2.25. The van der Waals surface area contributed by atoms with Crippen LogP contribution in [0.2, 0.25) is 0 Å². The first-order chi connectivity index (χ1) is 13.5. The Bertz CT molecular complexity index is 1210. The SMILES string of the molecule is COc1cccc(C=c2sc3n(c2=O)CN(c2ccc([N+](=O)[O-])cc2)CN=3)c1. The zero-order valence-corrected chi connectivity index (χ0v) is 15.8. The fourth-order valence-electron chi connectivity index (χ4n) is 2.94. The highest BCUT2D eigenvalue weighted by atomic mass is 32.1. The minimum atomic E-state index is -0.438. The van der Waals surface area contributed by atoms with Crippen molar-refractivity contribution >= 4 is 28.8 Å². The number of anilines is 1. The van der Waals surface area contributed by atoms with Gasteiger partial charge in [-0.3, -0.25) is 19.5 Å². The van der Waals surface area contributed by atoms with Crippen LogP contribution < -0.4 is 24.5 Å². The number of aromatic nitrogens is 1. The second kappa shape index (κ2) is 7.28. The Labute approximate surface area is 163 Å². The summed E-state index contributed by atoms with van der Waals surface area (Å²) in [4.78, 5) is 30.2. The van der Waals surface area contributed by atoms with Gasteiger partial charge in [0.15, 0.2) is 4.80 Å². The molecule has 0 atom stereocenters. The number of nitro groups is 1. The van der Waals surface area contributed by atoms with Gasteiger partial charge in [0.05, 0.1) is 16.6 Å². The van der Waals surface area contributed by atoms with Crippen LogP contribution >= 0.6 is 11.3 Å². The molecule has 0 spiro atoms. The number of rotatable bonds is 4. The molecule has 4 rings (SSSR count). The molecule has 28 heavy (non-hydrogen) atoms. The van der Waals surface area contributed by atoms with Gasteiger partial charge in [-0.2, -0.15) is 0 Å². The maximum atomic E-state index is 12.8. The lowest BCUT2D eigenvalue weighted by Crippen LogP contribution is -2.42. The van der Waals surface area contributed by atoms with Gasteiger partial charge in [-0.15, -0.1) is 0 Å². The van der Waals surface area contributed by atoms with Gasteiger partial charge in [-0.25, -0.2) is 4.99 Å². The molecule has 3 aromatic rings. The van der Waals surface area contributed by atoms with E-state index in [4.69, 9.17) is 4.74 Å². The lowest BCUT2D eigenvalue weighted by atomic mass is 10.2. The number of ether oxygens (including phenoxy) is 1. The molecule has 1 aliphatic rings. The number of thiazole rings is 1. The molecule has 2 aromatic carbocycles. The average molecular weight is 396 g/mol. The highest BCUT2D eigenvalue weighted by molar-refractivity contribution is 7.07. The average Bonchev–Trinajstić information content (AvgIpc) is 3.03. The quantitative estimate of drug-likeness (QED) is 0.495. The summed E-state index contributed by atoms with van der Waals surface area (Å²) in [5.41, 5.74) is 1.57. The first kappa shape index (κ1) is 17.9. The van der Waals surface area contributed by atoms with E-state index in [1.54, 1.807) is 23.8 Å². The number of non-ortho nitro benzene ring substituents is 1. The molecule has 2 heterocycles. The van der Waals surface area contributed by atoms with Crippen molar-refractivity contribution in [2.45, 2.75) is 6.67 Å². The van der Waals surface area contributed by atoms with Gasteiger partial charge in [0.25, 0.3) is 11.2 Å². The molecule has 0 aliphatic carbocycles. The van der Waals surface area contributed by atoms with Crippen LogP contribution in [-0.2, 0) is 6.67 Å². The fraction of sp³-hybridized carbons (Fsp3) is 0.158. The molecule has 0 unspecified atom stereocenters. The summed E-state index contributed by atoms with van der Waals surface area (Å²) in [6.07, 6.45) is 1.83. The molecular formula is C19H16N4O4S. The van der Waals surface area contributed by atoms with Crippen molar-refractivity contribution in [1.82, 2.24) is 4.57 Å². The first-order valence-corrected chi connectivity index (χ1v) is 9.26. The standard InChI is InChI=1S/C19H16N4O4S/c1-27-16-4-2-3-13(9-16)10-17-18(24)22-12-21(11-20-19(22)28-17)14-5-7-15(8-6-14)23(25)26/h2-10H,11-12H2,1H3. The van der Waals surface area contributed by atoms with Crippen LogP contribution in [-0.4, -0.2) is 23.3 Å². The van der Waals surface area contributed by atoms with Crippen molar-refractivity contribution in [3.8, 4) is 5.75 Å². The van der Waals surface area contributed by atoms with E-state index in [-0.39, 0.29) is 11.2 Å². The zero-order valence-electron chi connectivity index (χ0n) is 14.9. The van der Waals surface area contributed by atoms with E-state index in [1.807, 2.05) is 35.2 Å². The molecule has 1 aromatic heterocycles. The van der Waals surface area contributed by atoms with Gasteiger partial charge >= 0.3 is 0 Å². The van der Waals surface area contributed by atoms with Crippen LogP contribution in [0.3, 0.4) is 0 Å². The van der Waals surface area contributed by atoms with E-state index in [9.17, 15) is 14.9 Å². The number of nitrogens with zero attached hydrogens (tertiary/aromatic N) is 4. The molecule has 0 amide bonds. The third-order valence-corrected chi connectivity index (χ3v) is 5.44. The van der Waals surface area contributed by atoms with Crippen molar-refractivity contribution in [2.75, 3.05) is 18.7 Å². The molecule has 142 valence electrons. The summed E-state index contributed by atoms with van der Waals surface area (Å²) in [6.45, 7) is 0.730. The van der Waals surface area contributed by atoms with Crippen molar-refractivity contribution in [2.24, 2.45) is 4.99 Å². The Balaban J connectivity index is 1.66. The van der Waals surface area contributed by atoms with Crippen molar-refractivity contribution in [3.63, 3.8) is 0 Å². The van der Waals surface area contributed by atoms with Gasteiger partial charge in [0, 0.05) is 17.8 Å². The molecule has 8 nitrogen and oxygen atoms in total. The summed E-state index contributed by atoms with van der Waals surface area (Å²) < 4.78 is 7.43. The molecule has 0 fully saturated rings. The van der Waals surface area contributed by atoms with Crippen LogP contribution in [0.15, 0.2) is 58.3 Å². The van der Waals surface area contributed by atoms with Crippen LogP contribution in [0.25, 0.3) is 6.08 Å². The lowest BCUT2D eigenvalue weighted by molar-refractivity contribution is -0.384. The molecule has 9 heteroatoms. The second-order valence-corrected chi connectivity index (χ2v) is 7.17. The smallest absolute Gasteiger partial charge is 0.271 e. The fourth-order valence-corrected chi connectivity index (χ4v) is 3.91. The number of fused-ring (bicyclic) bond motifs is 1. The molecule has 0 saturated carbocycles. The largest absolute Gasteiger partial charge is 0.497 e. The highest BCUT2D eigenvalue weighted by Crippen LogP contribution is 2.20. The second-order valence-electron chi connectivity index (χ2n) is 6.16. The van der Waals surface area contributed by atoms with E-state index in [1.165, 1.54) is 23.5 Å². The van der Waals surface area contributed by atoms with E-state index >= 15 is 0 Å². The summed E-state index contributed by atoms with van der Waals surface area (Å²) in [5, 5.41) is 10.8. The minimum Gasteiger partial charge on any atom is -0.497 e. The van der Waals surface area contributed by atoms with Gasteiger partial charge in [0.1, 0.15) is 19.1 Å². The molecule has 0 N–H and O–H groups in total. The first-order valence-electron chi connectivity index (χ1n) is 8.44. The van der Waals surface area contributed by atoms with Crippen LogP contribution in [0.4, 0.5) is 11.4 Å². The third kappa shape index (κ3) is 3.39. The summed E-state index contributed by atoms with van der Waals surface area (Å²) in [7, 11) is 1.60. The summed E-state index contributed by atoms with van der Waals surface area (Å²) in [5.74, 6) is 0.726. The zero-order chi connectivity index (χ0) is 19.7. The Kier molecular flexibility index (Phi) is 4.66. The molecular weight excluding hydrogens is 380 g/mol. The van der Waals surface area contributed by atoms with E-state index in [0.717, 1.165) is 17.0 Å². The summed E-state index contributed by atoms with van der Waals surface area (Å²) in [6, 6.07) is 13.7. The predicted molar refractivity (Wildman–Crippen MR) is 106 cm³/mol. The van der Waals surface area contributed by atoms with Crippen molar-refractivity contribution in [1.29, 1.82) is 0 Å². The van der Waals surface area contributed by atoms with Crippen molar-refractivity contribution < 1.29 is 9.66 Å². The molecule has 1 aliphatic heterocycles. The molecule has 0 saturated heterocycles. The number of benzene rings is 2. The number of methoxy groups -OCH3 is 1. The Morgan fingerprint density at radius 1 is 1.25 bits per heavy atom. The predicted octanol–water partition coefficient (Wildman–Crippen LogP) is 1.71. The van der Waals surface area contributed by atoms with Crippen LogP contribution in [0.1, 0.15) is 5.56 Å². The van der Waals surface area contributed by atoms with E-state index < -0.39 is 4.92 Å². The molecule has 0 radical (unpaired) electrons. The monoisotopic (exact) mass is 396 g/mol. The van der Waals surface area contributed by atoms with Gasteiger partial charge in [-0.05, 0) is 35.9 Å². The van der Waals surface area contributed by atoms with Gasteiger partial charge in [0.2, 0.25) is 0 Å². The maximum absolute atomic E-state index is 12.8. The van der Waals surface area contributed by atoms with Crippen molar-refractivity contribution in [3.05, 3.63) is 83.9 Å². The van der Waals surface area contributed by atoms with E-state index in [0.29, 0.717) is 22.7 Å². The Morgan fingerprint density at radius 2 is 2.04 bits per heavy atom. The highest BCUT2D eigenvalue weighted by Gasteiger charge is 2.17. The minimum absolute atomic E-state index is 0.0289. The number of hydrogen-bond donors (Lipinski definition) is 0. The number of nitro benzene ring substituents is 1. The summed E-state index contributed by atoms with van der Waals surface area (Å²) >= 11 is 1.35. The Morgan fingerprint density at radius 3 is 2.75 bits per heavy atom. The third-order valence-electron chi connectivity index (χ3n) is 4.39. The molecule has 0 bridgehead atoms. The van der Waals surface area contributed by atoms with Crippen LogP contribution in [0, 0.1) is 10.1 Å². The topological polar surface area (TPSA) is 90.0 Å². The maximum Gasteiger partial charge on any atom is 0.271 e. The Hall–Kier alpha value is -3.46. The van der Waals surface area contributed by atoms with Gasteiger partial charge < -0.3 is 9.64 Å².